The third-order valence-corrected chi connectivity index (χ3v) is 2.95. The molecule has 5 heteroatoms. The van der Waals surface area contributed by atoms with E-state index >= 15 is 0 Å². The van der Waals surface area contributed by atoms with E-state index in [1.165, 1.54) is 0 Å². The zero-order valence-corrected chi connectivity index (χ0v) is 12.4. The summed E-state index contributed by atoms with van der Waals surface area (Å²) in [6.07, 6.45) is 0. The summed E-state index contributed by atoms with van der Waals surface area (Å²) in [4.78, 5) is 13.2. The highest BCUT2D eigenvalue weighted by molar-refractivity contribution is 5.70. The fraction of sp³-hybridized carbons (Fsp3) is 0.533. The summed E-state index contributed by atoms with van der Waals surface area (Å²) < 4.78 is 10.1. The van der Waals surface area contributed by atoms with Crippen LogP contribution in [0.3, 0.4) is 0 Å². The Morgan fingerprint density at radius 2 is 2.10 bits per heavy atom. The summed E-state index contributed by atoms with van der Waals surface area (Å²) in [7, 11) is 0. The van der Waals surface area contributed by atoms with Crippen LogP contribution in [0.1, 0.15) is 19.4 Å². The van der Waals surface area contributed by atoms with Gasteiger partial charge in [0.2, 0.25) is 0 Å². The number of likely N-dealkylation sites (N-methyl/N-ethyl adjacent to an activating group) is 1. The van der Waals surface area contributed by atoms with Crippen molar-refractivity contribution in [1.29, 1.82) is 0 Å². The van der Waals surface area contributed by atoms with Crippen molar-refractivity contribution in [3.63, 3.8) is 0 Å². The van der Waals surface area contributed by atoms with Gasteiger partial charge < -0.3 is 19.5 Å². The smallest absolute Gasteiger partial charge is 0.332 e. The number of hydrogen-bond acceptors (Lipinski definition) is 5. The van der Waals surface area contributed by atoms with Crippen molar-refractivity contribution in [2.24, 2.45) is 0 Å². The first-order valence-corrected chi connectivity index (χ1v) is 6.86. The number of anilines is 1. The average molecular weight is 281 g/mol. The first-order valence-electron chi connectivity index (χ1n) is 6.86. The molecule has 112 valence electrons. The van der Waals surface area contributed by atoms with Crippen LogP contribution < -0.4 is 4.90 Å². The zero-order chi connectivity index (χ0) is 15.0. The molecule has 20 heavy (non-hydrogen) atoms. The van der Waals surface area contributed by atoms with E-state index in [4.69, 9.17) is 9.47 Å². The summed E-state index contributed by atoms with van der Waals surface area (Å²) in [5.41, 5.74) is 2.07. The molecule has 0 saturated heterocycles. The molecule has 0 unspecified atom stereocenters. The summed E-state index contributed by atoms with van der Waals surface area (Å²) >= 11 is 0. The third kappa shape index (κ3) is 5.09. The van der Waals surface area contributed by atoms with Gasteiger partial charge in [-0.15, -0.1) is 0 Å². The van der Waals surface area contributed by atoms with Crippen LogP contribution in [0.25, 0.3) is 0 Å². The summed E-state index contributed by atoms with van der Waals surface area (Å²) in [6, 6.07) is 5.29. The van der Waals surface area contributed by atoms with E-state index in [1.807, 2.05) is 19.9 Å². The fourth-order valence-corrected chi connectivity index (χ4v) is 1.92. The minimum absolute atomic E-state index is 0.0234. The Morgan fingerprint density at radius 3 is 2.75 bits per heavy atom. The van der Waals surface area contributed by atoms with Gasteiger partial charge in [0, 0.05) is 24.8 Å². The Balaban J connectivity index is 2.47. The number of phenolic OH excluding ortho intramolecular Hbond substituents is 1. The van der Waals surface area contributed by atoms with E-state index in [9.17, 15) is 9.90 Å². The van der Waals surface area contributed by atoms with Crippen LogP contribution in [-0.2, 0) is 14.3 Å². The first kappa shape index (κ1) is 16.3. The lowest BCUT2D eigenvalue weighted by Gasteiger charge is -2.25. The summed E-state index contributed by atoms with van der Waals surface area (Å²) in [5.74, 6) is -0.0967. The van der Waals surface area contributed by atoms with Gasteiger partial charge in [-0.1, -0.05) is 6.07 Å². The SMILES string of the molecule is CCOC(=O)COCCN(CC)c1cc(O)ccc1C. The molecule has 0 radical (unpaired) electrons. The molecule has 1 aromatic rings. The minimum atomic E-state index is -0.343. The van der Waals surface area contributed by atoms with Crippen LogP contribution in [0.4, 0.5) is 5.69 Å². The second-order valence-corrected chi connectivity index (χ2v) is 4.41. The number of phenols is 1. The standard InChI is InChI=1S/C15H23NO4/c1-4-16(8-9-19-11-15(18)20-5-2)14-10-13(17)7-6-12(14)3/h6-7,10,17H,4-5,8-9,11H2,1-3H3. The van der Waals surface area contributed by atoms with E-state index in [0.717, 1.165) is 17.8 Å². The van der Waals surface area contributed by atoms with Gasteiger partial charge in [0.25, 0.3) is 0 Å². The molecular weight excluding hydrogens is 258 g/mol. The Labute approximate surface area is 120 Å². The lowest BCUT2D eigenvalue weighted by Crippen LogP contribution is -2.28. The molecule has 0 aliphatic carbocycles. The quantitative estimate of drug-likeness (QED) is 0.584. The van der Waals surface area contributed by atoms with Crippen molar-refractivity contribution in [2.45, 2.75) is 20.8 Å². The molecule has 5 nitrogen and oxygen atoms in total. The number of rotatable bonds is 8. The van der Waals surface area contributed by atoms with Crippen molar-refractivity contribution in [2.75, 3.05) is 37.8 Å². The van der Waals surface area contributed by atoms with E-state index < -0.39 is 0 Å². The van der Waals surface area contributed by atoms with Gasteiger partial charge in [-0.25, -0.2) is 4.79 Å². The van der Waals surface area contributed by atoms with E-state index in [1.54, 1.807) is 19.1 Å². The topological polar surface area (TPSA) is 59.0 Å². The number of benzene rings is 1. The maximum absolute atomic E-state index is 11.1. The Hall–Kier alpha value is -1.75. The molecule has 1 aromatic carbocycles. The number of carbonyl (C=O) groups excluding carboxylic acids is 1. The number of esters is 1. The van der Waals surface area contributed by atoms with E-state index in [-0.39, 0.29) is 18.3 Å². The van der Waals surface area contributed by atoms with Crippen LogP contribution >= 0.6 is 0 Å². The molecule has 0 atom stereocenters. The van der Waals surface area contributed by atoms with Crippen molar-refractivity contribution in [3.8, 4) is 5.75 Å². The van der Waals surface area contributed by atoms with Gasteiger partial charge in [-0.05, 0) is 32.4 Å². The monoisotopic (exact) mass is 281 g/mol. The molecule has 0 saturated carbocycles. The third-order valence-electron chi connectivity index (χ3n) is 2.95. The van der Waals surface area contributed by atoms with Crippen LogP contribution in [0.5, 0.6) is 5.75 Å². The normalized spacial score (nSPS) is 10.3. The van der Waals surface area contributed by atoms with Crippen LogP contribution in [-0.4, -0.2) is 44.0 Å². The number of hydrogen-bond donors (Lipinski definition) is 1. The van der Waals surface area contributed by atoms with Crippen LogP contribution in [0.2, 0.25) is 0 Å². The average Bonchev–Trinajstić information content (AvgIpc) is 2.42. The molecule has 1 rings (SSSR count). The predicted molar refractivity (Wildman–Crippen MR) is 78.2 cm³/mol. The molecule has 0 spiro atoms. The summed E-state index contributed by atoms with van der Waals surface area (Å²) in [6.45, 7) is 8.03. The van der Waals surface area contributed by atoms with Gasteiger partial charge >= 0.3 is 5.97 Å². The number of carbonyl (C=O) groups is 1. The molecule has 1 N–H and O–H groups in total. The van der Waals surface area contributed by atoms with Gasteiger partial charge in [0.05, 0.1) is 13.2 Å². The molecule has 0 bridgehead atoms. The second kappa shape index (κ2) is 8.43. The van der Waals surface area contributed by atoms with E-state index in [2.05, 4.69) is 4.90 Å². The highest BCUT2D eigenvalue weighted by Crippen LogP contribution is 2.24. The first-order chi connectivity index (χ1) is 9.58. The lowest BCUT2D eigenvalue weighted by atomic mass is 10.1. The molecule has 0 amide bonds. The predicted octanol–water partition coefficient (Wildman–Crippen LogP) is 2.11. The minimum Gasteiger partial charge on any atom is -0.508 e. The van der Waals surface area contributed by atoms with Crippen molar-refractivity contribution < 1.29 is 19.4 Å². The summed E-state index contributed by atoms with van der Waals surface area (Å²) in [5, 5.41) is 9.57. The Morgan fingerprint density at radius 1 is 1.35 bits per heavy atom. The number of aromatic hydroxyl groups is 1. The molecular formula is C15H23NO4. The maximum atomic E-state index is 11.1. The molecule has 0 aromatic heterocycles. The van der Waals surface area contributed by atoms with Crippen molar-refractivity contribution >= 4 is 11.7 Å². The number of aryl methyl sites for hydroxylation is 1. The van der Waals surface area contributed by atoms with Gasteiger partial charge in [0.1, 0.15) is 12.4 Å². The highest BCUT2D eigenvalue weighted by Gasteiger charge is 2.09. The van der Waals surface area contributed by atoms with E-state index in [0.29, 0.717) is 19.8 Å². The van der Waals surface area contributed by atoms with Gasteiger partial charge in [-0.3, -0.25) is 0 Å². The second-order valence-electron chi connectivity index (χ2n) is 4.41. The molecule has 0 aliphatic rings. The van der Waals surface area contributed by atoms with Gasteiger partial charge in [0.15, 0.2) is 0 Å². The van der Waals surface area contributed by atoms with Crippen molar-refractivity contribution in [1.82, 2.24) is 0 Å². The lowest BCUT2D eigenvalue weighted by molar-refractivity contribution is -0.148. The van der Waals surface area contributed by atoms with Crippen molar-refractivity contribution in [3.05, 3.63) is 23.8 Å². The van der Waals surface area contributed by atoms with Crippen LogP contribution in [0.15, 0.2) is 18.2 Å². The molecule has 0 fully saturated rings. The molecule has 0 aliphatic heterocycles. The maximum Gasteiger partial charge on any atom is 0.332 e. The molecule has 0 heterocycles. The largest absolute Gasteiger partial charge is 0.508 e. The Bertz CT molecular complexity index is 434. The fourth-order valence-electron chi connectivity index (χ4n) is 1.92. The number of nitrogens with zero attached hydrogens (tertiary/aromatic N) is 1. The zero-order valence-electron chi connectivity index (χ0n) is 12.4. The van der Waals surface area contributed by atoms with Gasteiger partial charge in [-0.2, -0.15) is 0 Å². The number of ether oxygens (including phenoxy) is 2. The van der Waals surface area contributed by atoms with Crippen LogP contribution in [0, 0.1) is 6.92 Å². The highest BCUT2D eigenvalue weighted by atomic mass is 16.6. The Kier molecular flexibility index (Phi) is 6.87.